The average Bonchev–Trinajstić information content (AvgIpc) is 2.44. The predicted molar refractivity (Wildman–Crippen MR) is 59.7 cm³/mol. The van der Waals surface area contributed by atoms with Crippen molar-refractivity contribution in [2.45, 2.75) is 13.8 Å². The summed E-state index contributed by atoms with van der Waals surface area (Å²) in [6.07, 6.45) is 0. The van der Waals surface area contributed by atoms with E-state index < -0.39 is 0 Å². The molecule has 1 atom stereocenters. The van der Waals surface area contributed by atoms with Crippen molar-refractivity contribution in [3.63, 3.8) is 0 Å². The van der Waals surface area contributed by atoms with Gasteiger partial charge < -0.3 is 15.0 Å². The monoisotopic (exact) mass is 214 g/mol. The van der Waals surface area contributed by atoms with Gasteiger partial charge in [-0.05, 0) is 12.5 Å². The van der Waals surface area contributed by atoms with Crippen LogP contribution in [-0.4, -0.2) is 51.2 Å². The zero-order valence-electron chi connectivity index (χ0n) is 10.2. The molecule has 0 aromatic heterocycles. The van der Waals surface area contributed by atoms with E-state index in [0.717, 1.165) is 19.7 Å². The number of amides is 1. The van der Waals surface area contributed by atoms with Crippen molar-refractivity contribution >= 4 is 5.91 Å². The van der Waals surface area contributed by atoms with Gasteiger partial charge in [-0.1, -0.05) is 13.8 Å². The zero-order valence-corrected chi connectivity index (χ0v) is 10.2. The van der Waals surface area contributed by atoms with E-state index in [0.29, 0.717) is 12.5 Å². The Labute approximate surface area is 92.0 Å². The molecule has 0 unspecified atom stereocenters. The van der Waals surface area contributed by atoms with E-state index in [1.807, 2.05) is 4.90 Å². The second kappa shape index (κ2) is 4.94. The molecular weight excluding hydrogens is 192 g/mol. The zero-order chi connectivity index (χ0) is 11.5. The maximum Gasteiger partial charge on any atom is 0.236 e. The standard InChI is InChI=1S/C11H22N2O2/c1-11(2)8-13(10(14)5-12-3)6-9(11)7-15-4/h9,12H,5-8H2,1-4H3/t9-/m0/s1. The minimum Gasteiger partial charge on any atom is -0.384 e. The van der Waals surface area contributed by atoms with Gasteiger partial charge in [-0.25, -0.2) is 0 Å². The Bertz CT molecular complexity index is 229. The van der Waals surface area contributed by atoms with Crippen LogP contribution >= 0.6 is 0 Å². The Morgan fingerprint density at radius 2 is 2.27 bits per heavy atom. The Morgan fingerprint density at radius 3 is 2.80 bits per heavy atom. The van der Waals surface area contributed by atoms with Crippen molar-refractivity contribution in [1.29, 1.82) is 0 Å². The third-order valence-corrected chi connectivity index (χ3v) is 3.19. The lowest BCUT2D eigenvalue weighted by atomic mass is 9.83. The molecule has 0 aliphatic carbocycles. The van der Waals surface area contributed by atoms with E-state index in [-0.39, 0.29) is 11.3 Å². The molecule has 0 radical (unpaired) electrons. The SMILES string of the molecule is CNCC(=O)N1C[C@@H](COC)C(C)(C)C1. The largest absolute Gasteiger partial charge is 0.384 e. The molecule has 1 saturated heterocycles. The van der Waals surface area contributed by atoms with Crippen LogP contribution in [-0.2, 0) is 9.53 Å². The topological polar surface area (TPSA) is 41.6 Å². The molecule has 0 spiro atoms. The first kappa shape index (κ1) is 12.5. The van der Waals surface area contributed by atoms with Crippen molar-refractivity contribution in [2.24, 2.45) is 11.3 Å². The van der Waals surface area contributed by atoms with E-state index in [4.69, 9.17) is 4.74 Å². The Kier molecular flexibility index (Phi) is 4.11. The molecule has 15 heavy (non-hydrogen) atoms. The Morgan fingerprint density at radius 1 is 1.60 bits per heavy atom. The lowest BCUT2D eigenvalue weighted by Gasteiger charge is -2.24. The quantitative estimate of drug-likeness (QED) is 0.733. The summed E-state index contributed by atoms with van der Waals surface area (Å²) in [5, 5.41) is 2.90. The van der Waals surface area contributed by atoms with Crippen LogP contribution in [0, 0.1) is 11.3 Å². The van der Waals surface area contributed by atoms with Gasteiger partial charge in [0.15, 0.2) is 0 Å². The van der Waals surface area contributed by atoms with E-state index >= 15 is 0 Å². The highest BCUT2D eigenvalue weighted by atomic mass is 16.5. The van der Waals surface area contributed by atoms with Crippen LogP contribution in [0.5, 0.6) is 0 Å². The van der Waals surface area contributed by atoms with Gasteiger partial charge in [-0.2, -0.15) is 0 Å². The lowest BCUT2D eigenvalue weighted by Crippen LogP contribution is -2.36. The van der Waals surface area contributed by atoms with Crippen molar-refractivity contribution in [2.75, 3.05) is 40.4 Å². The second-order valence-corrected chi connectivity index (χ2v) is 4.95. The summed E-state index contributed by atoms with van der Waals surface area (Å²) >= 11 is 0. The van der Waals surface area contributed by atoms with Gasteiger partial charge in [0.1, 0.15) is 0 Å². The highest BCUT2D eigenvalue weighted by Gasteiger charge is 2.40. The van der Waals surface area contributed by atoms with E-state index in [9.17, 15) is 4.79 Å². The van der Waals surface area contributed by atoms with Crippen molar-refractivity contribution in [1.82, 2.24) is 10.2 Å². The average molecular weight is 214 g/mol. The van der Waals surface area contributed by atoms with E-state index in [1.165, 1.54) is 0 Å². The number of carbonyl (C=O) groups is 1. The van der Waals surface area contributed by atoms with E-state index in [1.54, 1.807) is 14.2 Å². The van der Waals surface area contributed by atoms with Crippen molar-refractivity contribution < 1.29 is 9.53 Å². The Hall–Kier alpha value is -0.610. The second-order valence-electron chi connectivity index (χ2n) is 4.95. The summed E-state index contributed by atoms with van der Waals surface area (Å²) in [4.78, 5) is 13.6. The summed E-state index contributed by atoms with van der Waals surface area (Å²) in [7, 11) is 3.51. The first-order valence-corrected chi connectivity index (χ1v) is 5.42. The molecule has 0 bridgehead atoms. The number of likely N-dealkylation sites (tertiary alicyclic amines) is 1. The molecule has 1 fully saturated rings. The summed E-state index contributed by atoms with van der Waals surface area (Å²) in [6.45, 7) is 7.21. The minimum atomic E-state index is 0.166. The van der Waals surface area contributed by atoms with Gasteiger partial charge >= 0.3 is 0 Å². The minimum absolute atomic E-state index is 0.166. The van der Waals surface area contributed by atoms with E-state index in [2.05, 4.69) is 19.2 Å². The van der Waals surface area contributed by atoms with Crippen LogP contribution in [0.1, 0.15) is 13.8 Å². The fourth-order valence-electron chi connectivity index (χ4n) is 2.13. The highest BCUT2D eigenvalue weighted by Crippen LogP contribution is 2.35. The van der Waals surface area contributed by atoms with Crippen LogP contribution in [0.25, 0.3) is 0 Å². The van der Waals surface area contributed by atoms with Crippen LogP contribution < -0.4 is 5.32 Å². The smallest absolute Gasteiger partial charge is 0.236 e. The molecule has 1 heterocycles. The lowest BCUT2D eigenvalue weighted by molar-refractivity contribution is -0.129. The van der Waals surface area contributed by atoms with Gasteiger partial charge in [-0.3, -0.25) is 4.79 Å². The number of carbonyl (C=O) groups excluding carboxylic acids is 1. The predicted octanol–water partition coefficient (Wildman–Crippen LogP) is 0.337. The summed E-state index contributed by atoms with van der Waals surface area (Å²) in [5.41, 5.74) is 0.166. The number of nitrogens with one attached hydrogen (secondary N) is 1. The normalized spacial score (nSPS) is 24.5. The molecule has 0 aromatic carbocycles. The number of nitrogens with zero attached hydrogens (tertiary/aromatic N) is 1. The molecule has 1 aliphatic rings. The molecule has 4 nitrogen and oxygen atoms in total. The molecule has 1 N–H and O–H groups in total. The molecular formula is C11H22N2O2. The number of hydrogen-bond acceptors (Lipinski definition) is 3. The highest BCUT2D eigenvalue weighted by molar-refractivity contribution is 5.78. The van der Waals surface area contributed by atoms with Crippen LogP contribution in [0.4, 0.5) is 0 Å². The summed E-state index contributed by atoms with van der Waals surface area (Å²) in [6, 6.07) is 0. The number of hydrogen-bond donors (Lipinski definition) is 1. The molecule has 1 amide bonds. The fourth-order valence-corrected chi connectivity index (χ4v) is 2.13. The fraction of sp³-hybridized carbons (Fsp3) is 0.909. The number of ether oxygens (including phenoxy) is 1. The van der Waals surface area contributed by atoms with Crippen LogP contribution in [0.15, 0.2) is 0 Å². The van der Waals surface area contributed by atoms with Crippen molar-refractivity contribution in [3.8, 4) is 0 Å². The van der Waals surface area contributed by atoms with Gasteiger partial charge in [-0.15, -0.1) is 0 Å². The molecule has 0 saturated carbocycles. The number of rotatable bonds is 4. The third kappa shape index (κ3) is 2.92. The van der Waals surface area contributed by atoms with Gasteiger partial charge in [0.25, 0.3) is 0 Å². The molecule has 0 aromatic rings. The maximum atomic E-state index is 11.7. The number of likely N-dealkylation sites (N-methyl/N-ethyl adjacent to an activating group) is 1. The summed E-state index contributed by atoms with van der Waals surface area (Å²) < 4.78 is 5.20. The van der Waals surface area contributed by atoms with Gasteiger partial charge in [0.05, 0.1) is 13.2 Å². The van der Waals surface area contributed by atoms with Crippen LogP contribution in [0.3, 0.4) is 0 Å². The molecule has 4 heteroatoms. The molecule has 1 aliphatic heterocycles. The number of methoxy groups -OCH3 is 1. The third-order valence-electron chi connectivity index (χ3n) is 3.19. The van der Waals surface area contributed by atoms with Crippen molar-refractivity contribution in [3.05, 3.63) is 0 Å². The summed E-state index contributed by atoms with van der Waals surface area (Å²) in [5.74, 6) is 0.632. The maximum absolute atomic E-state index is 11.7. The molecule has 88 valence electrons. The Balaban J connectivity index is 2.57. The van der Waals surface area contributed by atoms with Gasteiger partial charge in [0.2, 0.25) is 5.91 Å². The van der Waals surface area contributed by atoms with Gasteiger partial charge in [0, 0.05) is 26.1 Å². The first-order chi connectivity index (χ1) is 7.01. The first-order valence-electron chi connectivity index (χ1n) is 5.42. The molecule has 1 rings (SSSR count). The van der Waals surface area contributed by atoms with Crippen LogP contribution in [0.2, 0.25) is 0 Å².